The van der Waals surface area contributed by atoms with E-state index in [1.165, 1.54) is 0 Å². The van der Waals surface area contributed by atoms with Crippen LogP contribution in [0.1, 0.15) is 35.9 Å². The molecule has 18 heavy (non-hydrogen) atoms. The third kappa shape index (κ3) is 2.01. The second-order valence-electron chi connectivity index (χ2n) is 4.51. The second kappa shape index (κ2) is 4.64. The van der Waals surface area contributed by atoms with Gasteiger partial charge in [-0.1, -0.05) is 6.07 Å². The highest BCUT2D eigenvalue weighted by molar-refractivity contribution is 5.91. The molecule has 0 aliphatic carbocycles. The minimum Gasteiger partial charge on any atom is -0.478 e. The van der Waals surface area contributed by atoms with Gasteiger partial charge in [0.2, 0.25) is 0 Å². The highest BCUT2D eigenvalue weighted by Crippen LogP contribution is 2.27. The summed E-state index contributed by atoms with van der Waals surface area (Å²) in [5, 5.41) is 9.20. The predicted octanol–water partition coefficient (Wildman–Crippen LogP) is 3.14. The zero-order valence-electron chi connectivity index (χ0n) is 10.7. The van der Waals surface area contributed by atoms with Gasteiger partial charge >= 0.3 is 5.97 Å². The third-order valence-corrected chi connectivity index (χ3v) is 2.97. The number of pyridine rings is 1. The molecule has 0 atom stereocenters. The Morgan fingerprint density at radius 2 is 2.11 bits per heavy atom. The van der Waals surface area contributed by atoms with E-state index in [0.717, 1.165) is 17.1 Å². The summed E-state index contributed by atoms with van der Waals surface area (Å²) < 4.78 is 2.01. The van der Waals surface area contributed by atoms with Crippen LogP contribution in [-0.2, 0) is 0 Å². The molecule has 0 saturated carbocycles. The van der Waals surface area contributed by atoms with Crippen molar-refractivity contribution >= 4 is 5.97 Å². The average molecular weight is 244 g/mol. The number of hydrogen-bond acceptors (Lipinski definition) is 2. The summed E-state index contributed by atoms with van der Waals surface area (Å²) in [6.45, 7) is 5.89. The maximum absolute atomic E-state index is 11.2. The number of rotatable bonds is 3. The molecule has 0 amide bonds. The van der Waals surface area contributed by atoms with Gasteiger partial charge in [-0.05, 0) is 39.0 Å². The summed E-state index contributed by atoms with van der Waals surface area (Å²) in [7, 11) is 0. The van der Waals surface area contributed by atoms with Gasteiger partial charge in [0, 0.05) is 17.9 Å². The van der Waals surface area contributed by atoms with Crippen molar-refractivity contribution in [1.82, 2.24) is 9.55 Å². The molecule has 0 saturated heterocycles. The number of carbonyl (C=O) groups is 1. The van der Waals surface area contributed by atoms with Gasteiger partial charge < -0.3 is 9.67 Å². The first kappa shape index (κ1) is 12.4. The van der Waals surface area contributed by atoms with Crippen LogP contribution in [-0.4, -0.2) is 20.6 Å². The fraction of sp³-hybridized carbons (Fsp3) is 0.286. The molecule has 1 N–H and O–H groups in total. The largest absolute Gasteiger partial charge is 0.478 e. The van der Waals surface area contributed by atoms with E-state index < -0.39 is 5.97 Å². The first-order valence-electron chi connectivity index (χ1n) is 5.89. The summed E-state index contributed by atoms with van der Waals surface area (Å²) in [6, 6.07) is 7.52. The maximum Gasteiger partial charge on any atom is 0.337 e. The number of carboxylic acids is 1. The van der Waals surface area contributed by atoms with Crippen molar-refractivity contribution in [3.8, 4) is 11.4 Å². The molecule has 0 aliphatic heterocycles. The molecule has 2 rings (SSSR count). The summed E-state index contributed by atoms with van der Waals surface area (Å²) in [5.41, 5.74) is 2.74. The zero-order chi connectivity index (χ0) is 13.3. The first-order valence-corrected chi connectivity index (χ1v) is 5.89. The standard InChI is InChI=1S/C14H16N2O2/c1-9(2)16-10(3)11(14(17)18)8-13(16)12-6-4-5-7-15-12/h4-9H,1-3H3,(H,17,18). The van der Waals surface area contributed by atoms with Gasteiger partial charge in [-0.2, -0.15) is 0 Å². The van der Waals surface area contributed by atoms with E-state index in [0.29, 0.717) is 5.56 Å². The van der Waals surface area contributed by atoms with Crippen molar-refractivity contribution < 1.29 is 9.90 Å². The molecule has 2 aromatic heterocycles. The van der Waals surface area contributed by atoms with E-state index in [4.69, 9.17) is 0 Å². The SMILES string of the molecule is Cc1c(C(=O)O)cc(-c2ccccn2)n1C(C)C. The van der Waals surface area contributed by atoms with Gasteiger partial charge in [0.05, 0.1) is 17.0 Å². The van der Waals surface area contributed by atoms with Gasteiger partial charge in [-0.3, -0.25) is 4.98 Å². The summed E-state index contributed by atoms with van der Waals surface area (Å²) in [5.74, 6) is -0.899. The van der Waals surface area contributed by atoms with E-state index in [-0.39, 0.29) is 6.04 Å². The Kier molecular flexibility index (Phi) is 3.19. The lowest BCUT2D eigenvalue weighted by atomic mass is 10.2. The van der Waals surface area contributed by atoms with Crippen molar-refractivity contribution in [3.05, 3.63) is 41.7 Å². The summed E-state index contributed by atoms with van der Waals surface area (Å²) in [4.78, 5) is 15.5. The Bertz CT molecular complexity index is 571. The van der Waals surface area contributed by atoms with Crippen molar-refractivity contribution in [2.75, 3.05) is 0 Å². The Balaban J connectivity index is 2.67. The monoisotopic (exact) mass is 244 g/mol. The quantitative estimate of drug-likeness (QED) is 0.902. The molecule has 0 radical (unpaired) electrons. The van der Waals surface area contributed by atoms with Crippen LogP contribution in [0.25, 0.3) is 11.4 Å². The average Bonchev–Trinajstić information content (AvgIpc) is 2.68. The smallest absolute Gasteiger partial charge is 0.337 e. The number of aromatic carboxylic acids is 1. The lowest BCUT2D eigenvalue weighted by Gasteiger charge is -2.15. The molecule has 0 aromatic carbocycles. The van der Waals surface area contributed by atoms with Crippen molar-refractivity contribution in [2.45, 2.75) is 26.8 Å². The number of aromatic nitrogens is 2. The molecular weight excluding hydrogens is 228 g/mol. The van der Waals surface area contributed by atoms with E-state index in [2.05, 4.69) is 4.98 Å². The fourth-order valence-corrected chi connectivity index (χ4v) is 2.21. The van der Waals surface area contributed by atoms with Gasteiger partial charge in [-0.25, -0.2) is 4.79 Å². The van der Waals surface area contributed by atoms with E-state index in [1.807, 2.05) is 43.5 Å². The van der Waals surface area contributed by atoms with Crippen LogP contribution in [0.3, 0.4) is 0 Å². The van der Waals surface area contributed by atoms with Gasteiger partial charge in [0.15, 0.2) is 0 Å². The summed E-state index contributed by atoms with van der Waals surface area (Å²) >= 11 is 0. The van der Waals surface area contributed by atoms with Crippen LogP contribution >= 0.6 is 0 Å². The zero-order valence-corrected chi connectivity index (χ0v) is 10.7. The molecule has 2 aromatic rings. The normalized spacial score (nSPS) is 10.9. The van der Waals surface area contributed by atoms with Gasteiger partial charge in [0.1, 0.15) is 0 Å². The van der Waals surface area contributed by atoms with Crippen LogP contribution in [0.2, 0.25) is 0 Å². The lowest BCUT2D eigenvalue weighted by molar-refractivity contribution is 0.0696. The van der Waals surface area contributed by atoms with E-state index in [9.17, 15) is 9.90 Å². The topological polar surface area (TPSA) is 55.1 Å². The maximum atomic E-state index is 11.2. The Morgan fingerprint density at radius 3 is 2.61 bits per heavy atom. The molecular formula is C14H16N2O2. The van der Waals surface area contributed by atoms with Crippen molar-refractivity contribution in [1.29, 1.82) is 0 Å². The molecule has 0 fully saturated rings. The van der Waals surface area contributed by atoms with Crippen LogP contribution in [0.5, 0.6) is 0 Å². The highest BCUT2D eigenvalue weighted by Gasteiger charge is 2.19. The molecule has 2 heterocycles. The van der Waals surface area contributed by atoms with Crippen LogP contribution in [0.4, 0.5) is 0 Å². The number of nitrogens with zero attached hydrogens (tertiary/aromatic N) is 2. The minimum atomic E-state index is -0.899. The van der Waals surface area contributed by atoms with E-state index in [1.54, 1.807) is 12.3 Å². The molecule has 4 heteroatoms. The number of carboxylic acid groups (broad SMARTS) is 1. The predicted molar refractivity (Wildman–Crippen MR) is 69.7 cm³/mol. The van der Waals surface area contributed by atoms with Gasteiger partial charge in [-0.15, -0.1) is 0 Å². The van der Waals surface area contributed by atoms with Gasteiger partial charge in [0.25, 0.3) is 0 Å². The minimum absolute atomic E-state index is 0.190. The Labute approximate surface area is 106 Å². The first-order chi connectivity index (χ1) is 8.52. The van der Waals surface area contributed by atoms with Crippen molar-refractivity contribution in [3.63, 3.8) is 0 Å². The molecule has 0 spiro atoms. The van der Waals surface area contributed by atoms with Crippen LogP contribution < -0.4 is 0 Å². The molecule has 0 aliphatic rings. The highest BCUT2D eigenvalue weighted by atomic mass is 16.4. The van der Waals surface area contributed by atoms with Crippen LogP contribution in [0, 0.1) is 6.92 Å². The van der Waals surface area contributed by atoms with Crippen molar-refractivity contribution in [2.24, 2.45) is 0 Å². The fourth-order valence-electron chi connectivity index (χ4n) is 2.21. The molecule has 4 nitrogen and oxygen atoms in total. The molecule has 0 bridgehead atoms. The third-order valence-electron chi connectivity index (χ3n) is 2.97. The Hall–Kier alpha value is -2.10. The Morgan fingerprint density at radius 1 is 1.39 bits per heavy atom. The van der Waals surface area contributed by atoms with E-state index >= 15 is 0 Å². The summed E-state index contributed by atoms with van der Waals surface area (Å²) in [6.07, 6.45) is 1.71. The lowest BCUT2D eigenvalue weighted by Crippen LogP contribution is -2.07. The number of hydrogen-bond donors (Lipinski definition) is 1. The second-order valence-corrected chi connectivity index (χ2v) is 4.51. The van der Waals surface area contributed by atoms with Crippen LogP contribution in [0.15, 0.2) is 30.5 Å². The molecule has 0 unspecified atom stereocenters. The molecule has 94 valence electrons.